The van der Waals surface area contributed by atoms with Crippen LogP contribution >= 0.6 is 0 Å². The lowest BCUT2D eigenvalue weighted by molar-refractivity contribution is 0.107. The molecule has 6 heterocycles. The molecule has 42 heavy (non-hydrogen) atoms. The van der Waals surface area contributed by atoms with Crippen LogP contribution in [0.15, 0.2) is 24.4 Å². The average molecular weight is 581 g/mol. The summed E-state index contributed by atoms with van der Waals surface area (Å²) in [5.74, 6) is -0.601. The molecular formula is C29H31F3N8O2. The van der Waals surface area contributed by atoms with Crippen molar-refractivity contribution in [2.24, 2.45) is 0 Å². The minimum Gasteiger partial charge on any atom is -0.489 e. The number of rotatable bonds is 6. The minimum atomic E-state index is -0.914. The quantitative estimate of drug-likeness (QED) is 0.466. The highest BCUT2D eigenvalue weighted by molar-refractivity contribution is 5.92. The molecule has 3 atom stereocenters. The van der Waals surface area contributed by atoms with Crippen molar-refractivity contribution in [2.75, 3.05) is 62.3 Å². The van der Waals surface area contributed by atoms with Gasteiger partial charge in [-0.25, -0.2) is 18.2 Å². The molecule has 3 aromatic rings. The number of nitrogens with one attached hydrogen (secondary N) is 1. The molecule has 220 valence electrons. The van der Waals surface area contributed by atoms with Gasteiger partial charge < -0.3 is 24.6 Å². The number of para-hydroxylation sites is 1. The summed E-state index contributed by atoms with van der Waals surface area (Å²) in [5, 5.41) is 13.0. The number of fused-ring (bicyclic) bond motifs is 3. The lowest BCUT2D eigenvalue weighted by Gasteiger charge is -2.35. The summed E-state index contributed by atoms with van der Waals surface area (Å²) in [4.78, 5) is 19.2. The molecule has 0 unspecified atom stereocenters. The van der Waals surface area contributed by atoms with E-state index >= 15 is 4.39 Å². The van der Waals surface area contributed by atoms with Gasteiger partial charge in [0.25, 0.3) is 0 Å². The van der Waals surface area contributed by atoms with Crippen LogP contribution in [0.5, 0.6) is 11.8 Å². The number of hydrogen-bond acceptors (Lipinski definition) is 10. The fraction of sp³-hybridized carbons (Fsp3) is 0.517. The van der Waals surface area contributed by atoms with Crippen molar-refractivity contribution in [3.63, 3.8) is 0 Å². The number of ether oxygens (including phenoxy) is 2. The molecule has 0 bridgehead atoms. The Morgan fingerprint density at radius 3 is 2.95 bits per heavy atom. The summed E-state index contributed by atoms with van der Waals surface area (Å²) in [6, 6.07) is 6.57. The molecule has 0 amide bonds. The fourth-order valence-electron chi connectivity index (χ4n) is 6.86. The standard InChI is InChI=1S/C29H31F3N8O2/c30-18-13-29(6-2-9-39(29)15-18)17-42-28-36-24-20(26(37-28)38-10-8-34-19(16-38)5-7-33)14-35-27(23(24)32)40-11-12-41-22-4-1-3-21(31)25(22)40/h1,3-4,14,18-19,34H,2,5-6,8-13,15-17H2/t18-,19+,29+/m1/s1. The molecule has 0 radical (unpaired) electrons. The van der Waals surface area contributed by atoms with E-state index in [0.29, 0.717) is 56.0 Å². The Labute approximate surface area is 241 Å². The van der Waals surface area contributed by atoms with Crippen LogP contribution in [0.4, 0.5) is 30.5 Å². The van der Waals surface area contributed by atoms with Crippen LogP contribution in [0.3, 0.4) is 0 Å². The fourth-order valence-corrected chi connectivity index (χ4v) is 6.86. The van der Waals surface area contributed by atoms with E-state index in [4.69, 9.17) is 14.5 Å². The number of nitriles is 1. The van der Waals surface area contributed by atoms with Crippen molar-refractivity contribution in [3.05, 3.63) is 36.0 Å². The Bertz CT molecular complexity index is 1550. The third kappa shape index (κ3) is 4.62. The number of halogens is 3. The van der Waals surface area contributed by atoms with E-state index in [0.717, 1.165) is 19.4 Å². The maximum absolute atomic E-state index is 16.5. The van der Waals surface area contributed by atoms with Crippen molar-refractivity contribution >= 4 is 28.2 Å². The number of aromatic nitrogens is 3. The number of nitrogens with zero attached hydrogens (tertiary/aromatic N) is 7. The number of alkyl halides is 1. The van der Waals surface area contributed by atoms with Crippen molar-refractivity contribution in [1.29, 1.82) is 5.26 Å². The van der Waals surface area contributed by atoms with E-state index in [1.165, 1.54) is 17.2 Å². The summed E-state index contributed by atoms with van der Waals surface area (Å²) in [7, 11) is 0. The van der Waals surface area contributed by atoms with E-state index in [2.05, 4.69) is 26.3 Å². The SMILES string of the molecule is N#CC[C@H]1CN(c2nc(OC[C@@]34CCCN3C[C@H](F)C4)nc3c(F)c(N4CCOc5cccc(F)c54)ncc23)CCN1. The van der Waals surface area contributed by atoms with Gasteiger partial charge in [-0.2, -0.15) is 15.2 Å². The first-order valence-electron chi connectivity index (χ1n) is 14.4. The maximum Gasteiger partial charge on any atom is 0.319 e. The molecule has 3 fully saturated rings. The normalized spacial score (nSPS) is 25.7. The molecule has 2 aromatic heterocycles. The van der Waals surface area contributed by atoms with E-state index in [9.17, 15) is 14.0 Å². The van der Waals surface area contributed by atoms with Crippen molar-refractivity contribution < 1.29 is 22.6 Å². The Morgan fingerprint density at radius 2 is 2.07 bits per heavy atom. The zero-order valence-corrected chi connectivity index (χ0v) is 23.0. The molecule has 0 aliphatic carbocycles. The molecule has 13 heteroatoms. The molecule has 4 aliphatic heterocycles. The Kier molecular flexibility index (Phi) is 6.90. The van der Waals surface area contributed by atoms with Gasteiger partial charge in [-0.1, -0.05) is 6.07 Å². The lowest BCUT2D eigenvalue weighted by atomic mass is 9.95. The summed E-state index contributed by atoms with van der Waals surface area (Å²) >= 11 is 0. The largest absolute Gasteiger partial charge is 0.489 e. The van der Waals surface area contributed by atoms with Crippen LogP contribution in [0.1, 0.15) is 25.7 Å². The summed E-state index contributed by atoms with van der Waals surface area (Å²) < 4.78 is 57.5. The monoisotopic (exact) mass is 580 g/mol. The Balaban J connectivity index is 1.30. The molecular weight excluding hydrogens is 549 g/mol. The highest BCUT2D eigenvalue weighted by Gasteiger charge is 2.49. The van der Waals surface area contributed by atoms with Gasteiger partial charge in [0.1, 0.15) is 42.2 Å². The van der Waals surface area contributed by atoms with Crippen LogP contribution in [0.25, 0.3) is 10.9 Å². The van der Waals surface area contributed by atoms with Gasteiger partial charge in [0.05, 0.1) is 30.0 Å². The van der Waals surface area contributed by atoms with Gasteiger partial charge >= 0.3 is 6.01 Å². The zero-order valence-electron chi connectivity index (χ0n) is 23.0. The predicted molar refractivity (Wildman–Crippen MR) is 149 cm³/mol. The third-order valence-electron chi connectivity index (χ3n) is 8.80. The number of piperazine rings is 1. The molecule has 0 spiro atoms. The van der Waals surface area contributed by atoms with Crippen molar-refractivity contribution in [2.45, 2.75) is 43.4 Å². The van der Waals surface area contributed by atoms with Gasteiger partial charge in [-0.3, -0.25) is 4.90 Å². The number of hydrogen-bond donors (Lipinski definition) is 1. The first-order chi connectivity index (χ1) is 20.5. The number of pyridine rings is 1. The second-order valence-electron chi connectivity index (χ2n) is 11.4. The molecule has 1 aromatic carbocycles. The second kappa shape index (κ2) is 10.7. The highest BCUT2D eigenvalue weighted by Crippen LogP contribution is 2.42. The van der Waals surface area contributed by atoms with Crippen LogP contribution < -0.4 is 24.6 Å². The number of benzene rings is 1. The summed E-state index contributed by atoms with van der Waals surface area (Å²) in [6.45, 7) is 3.48. The van der Waals surface area contributed by atoms with Crippen LogP contribution in [-0.4, -0.2) is 90.1 Å². The van der Waals surface area contributed by atoms with Gasteiger partial charge in [0.2, 0.25) is 0 Å². The maximum atomic E-state index is 16.5. The van der Waals surface area contributed by atoms with Crippen LogP contribution in [0.2, 0.25) is 0 Å². The van der Waals surface area contributed by atoms with E-state index in [-0.39, 0.29) is 48.8 Å². The average Bonchev–Trinajstić information content (AvgIpc) is 3.52. The summed E-state index contributed by atoms with van der Waals surface area (Å²) in [5.41, 5.74) is -0.318. The second-order valence-corrected chi connectivity index (χ2v) is 11.4. The minimum absolute atomic E-state index is 0.00434. The highest BCUT2D eigenvalue weighted by atomic mass is 19.1. The van der Waals surface area contributed by atoms with E-state index in [1.807, 2.05) is 4.90 Å². The van der Waals surface area contributed by atoms with Crippen molar-refractivity contribution in [1.82, 2.24) is 25.2 Å². The van der Waals surface area contributed by atoms with E-state index < -0.39 is 23.3 Å². The molecule has 4 aliphatic rings. The summed E-state index contributed by atoms with van der Waals surface area (Å²) in [6.07, 6.45) is 3.05. The Morgan fingerprint density at radius 1 is 1.17 bits per heavy atom. The first kappa shape index (κ1) is 27.0. The van der Waals surface area contributed by atoms with Crippen LogP contribution in [-0.2, 0) is 0 Å². The zero-order chi connectivity index (χ0) is 28.8. The van der Waals surface area contributed by atoms with E-state index in [1.54, 1.807) is 12.1 Å². The first-order valence-corrected chi connectivity index (χ1v) is 14.4. The molecule has 3 saturated heterocycles. The molecule has 1 N–H and O–H groups in total. The predicted octanol–water partition coefficient (Wildman–Crippen LogP) is 3.48. The topological polar surface area (TPSA) is 103 Å². The third-order valence-corrected chi connectivity index (χ3v) is 8.80. The molecule has 7 rings (SSSR count). The number of anilines is 3. The molecule has 10 nitrogen and oxygen atoms in total. The van der Waals surface area contributed by atoms with Gasteiger partial charge in [0.15, 0.2) is 17.5 Å². The lowest BCUT2D eigenvalue weighted by Crippen LogP contribution is -2.51. The Hall–Kier alpha value is -3.89. The smallest absolute Gasteiger partial charge is 0.319 e. The van der Waals surface area contributed by atoms with Gasteiger partial charge in [0, 0.05) is 44.8 Å². The van der Waals surface area contributed by atoms with Gasteiger partial charge in [-0.05, 0) is 31.5 Å². The van der Waals surface area contributed by atoms with Gasteiger partial charge in [-0.15, -0.1) is 0 Å². The van der Waals surface area contributed by atoms with Crippen LogP contribution in [0, 0.1) is 23.0 Å². The van der Waals surface area contributed by atoms with Crippen molar-refractivity contribution in [3.8, 4) is 17.8 Å². The molecule has 0 saturated carbocycles.